The molecule has 14 heavy (non-hydrogen) atoms. The summed E-state index contributed by atoms with van der Waals surface area (Å²) >= 11 is 0. The zero-order valence-corrected chi connectivity index (χ0v) is 8.26. The molecule has 1 aromatic rings. The lowest BCUT2D eigenvalue weighted by molar-refractivity contribution is 0.196. The molecule has 0 saturated carbocycles. The number of nitrogens with zero attached hydrogens (tertiary/aromatic N) is 3. The molecule has 2 aliphatic rings. The van der Waals surface area contributed by atoms with Crippen LogP contribution in [-0.2, 0) is 0 Å². The minimum atomic E-state index is 0.545. The smallest absolute Gasteiger partial charge is 0.121 e. The summed E-state index contributed by atoms with van der Waals surface area (Å²) in [5, 5.41) is 4.33. The van der Waals surface area contributed by atoms with E-state index < -0.39 is 0 Å². The monoisotopic (exact) mass is 192 g/mol. The molecule has 0 aromatic carbocycles. The molecule has 2 aliphatic heterocycles. The summed E-state index contributed by atoms with van der Waals surface area (Å²) in [7, 11) is 0. The molecule has 76 valence electrons. The topological polar surface area (TPSA) is 47.1 Å². The van der Waals surface area contributed by atoms with Gasteiger partial charge in [-0.3, -0.25) is 0 Å². The maximum Gasteiger partial charge on any atom is 0.121 e. The van der Waals surface area contributed by atoms with Gasteiger partial charge in [0.1, 0.15) is 5.82 Å². The highest BCUT2D eigenvalue weighted by molar-refractivity contribution is 5.27. The number of hydrogen-bond acceptors (Lipinski definition) is 3. The van der Waals surface area contributed by atoms with Crippen LogP contribution in [0.4, 0.5) is 5.82 Å². The maximum absolute atomic E-state index is 5.89. The van der Waals surface area contributed by atoms with Crippen molar-refractivity contribution in [1.29, 1.82) is 0 Å². The van der Waals surface area contributed by atoms with Crippen LogP contribution < -0.4 is 5.73 Å². The number of piperidine rings is 1. The molecule has 3 heterocycles. The van der Waals surface area contributed by atoms with Crippen molar-refractivity contribution in [2.75, 3.05) is 25.4 Å². The molecule has 3 rings (SSSR count). The molecule has 4 nitrogen and oxygen atoms in total. The highest BCUT2D eigenvalue weighted by atomic mass is 15.3. The van der Waals surface area contributed by atoms with E-state index >= 15 is 0 Å². The average Bonchev–Trinajstić information content (AvgIpc) is 2.76. The molecule has 2 saturated heterocycles. The van der Waals surface area contributed by atoms with Gasteiger partial charge in [-0.15, -0.1) is 0 Å². The van der Waals surface area contributed by atoms with Gasteiger partial charge in [0.25, 0.3) is 0 Å². The van der Waals surface area contributed by atoms with Crippen molar-refractivity contribution in [3.05, 3.63) is 12.3 Å². The fourth-order valence-electron chi connectivity index (χ4n) is 2.85. The summed E-state index contributed by atoms with van der Waals surface area (Å²) < 4.78 is 2.02. The number of anilines is 1. The van der Waals surface area contributed by atoms with E-state index in [1.807, 2.05) is 10.7 Å². The standard InChI is InChI=1S/C10H16N4/c11-10-1-4-12-14(10)9-3-6-13-5-2-8(9)7-13/h1,4,8-9H,2-3,5-7,11H2. The van der Waals surface area contributed by atoms with E-state index in [0.717, 1.165) is 11.7 Å². The Morgan fingerprint density at radius 1 is 1.36 bits per heavy atom. The quantitative estimate of drug-likeness (QED) is 0.713. The zero-order chi connectivity index (χ0) is 9.54. The van der Waals surface area contributed by atoms with E-state index in [2.05, 4.69) is 10.00 Å². The van der Waals surface area contributed by atoms with Crippen molar-refractivity contribution < 1.29 is 0 Å². The molecule has 2 bridgehead atoms. The first-order chi connectivity index (χ1) is 6.84. The SMILES string of the molecule is Nc1ccnn1C1CCN2CCC1C2. The summed E-state index contributed by atoms with van der Waals surface area (Å²) in [5.41, 5.74) is 5.89. The van der Waals surface area contributed by atoms with Crippen molar-refractivity contribution in [1.82, 2.24) is 14.7 Å². The lowest BCUT2D eigenvalue weighted by atomic mass is 9.94. The Labute approximate surface area is 83.7 Å². The second kappa shape index (κ2) is 2.98. The zero-order valence-electron chi connectivity index (χ0n) is 8.26. The van der Waals surface area contributed by atoms with Gasteiger partial charge < -0.3 is 10.6 Å². The predicted octanol–water partition coefficient (Wildman–Crippen LogP) is 0.732. The van der Waals surface area contributed by atoms with Gasteiger partial charge in [0.15, 0.2) is 0 Å². The first-order valence-electron chi connectivity index (χ1n) is 5.36. The Balaban J connectivity index is 1.88. The average molecular weight is 192 g/mol. The number of hydrogen-bond donors (Lipinski definition) is 1. The van der Waals surface area contributed by atoms with Gasteiger partial charge in [0, 0.05) is 13.1 Å². The Hall–Kier alpha value is -1.03. The fraction of sp³-hybridized carbons (Fsp3) is 0.700. The van der Waals surface area contributed by atoms with Crippen LogP contribution in [0.2, 0.25) is 0 Å². The highest BCUT2D eigenvalue weighted by Gasteiger charge is 2.35. The molecule has 3 unspecified atom stereocenters. The second-order valence-corrected chi connectivity index (χ2v) is 4.41. The summed E-state index contributed by atoms with van der Waals surface area (Å²) in [6.45, 7) is 3.72. The maximum atomic E-state index is 5.89. The third-order valence-electron chi connectivity index (χ3n) is 3.61. The fourth-order valence-corrected chi connectivity index (χ4v) is 2.85. The van der Waals surface area contributed by atoms with Crippen LogP contribution in [0.25, 0.3) is 0 Å². The van der Waals surface area contributed by atoms with E-state index in [1.54, 1.807) is 6.20 Å². The Kier molecular flexibility index (Phi) is 1.77. The summed E-state index contributed by atoms with van der Waals surface area (Å²) in [6, 6.07) is 2.44. The molecule has 1 aromatic heterocycles. The van der Waals surface area contributed by atoms with E-state index in [9.17, 15) is 0 Å². The number of aromatic nitrogens is 2. The number of rotatable bonds is 1. The minimum absolute atomic E-state index is 0.545. The van der Waals surface area contributed by atoms with Crippen LogP contribution in [0.5, 0.6) is 0 Å². The van der Waals surface area contributed by atoms with Crippen molar-refractivity contribution in [2.24, 2.45) is 5.92 Å². The van der Waals surface area contributed by atoms with Crippen LogP contribution in [0, 0.1) is 5.92 Å². The number of nitrogen functional groups attached to an aromatic ring is 1. The van der Waals surface area contributed by atoms with Gasteiger partial charge in [0.05, 0.1) is 12.2 Å². The van der Waals surface area contributed by atoms with Crippen LogP contribution in [0.1, 0.15) is 18.9 Å². The highest BCUT2D eigenvalue weighted by Crippen LogP contribution is 2.35. The second-order valence-electron chi connectivity index (χ2n) is 4.41. The third-order valence-corrected chi connectivity index (χ3v) is 3.61. The van der Waals surface area contributed by atoms with Gasteiger partial charge in [-0.2, -0.15) is 5.10 Å². The van der Waals surface area contributed by atoms with Crippen molar-refractivity contribution in [2.45, 2.75) is 18.9 Å². The third kappa shape index (κ3) is 1.14. The minimum Gasteiger partial charge on any atom is -0.384 e. The van der Waals surface area contributed by atoms with Gasteiger partial charge in [-0.1, -0.05) is 0 Å². The van der Waals surface area contributed by atoms with Crippen LogP contribution in [0.15, 0.2) is 12.3 Å². The van der Waals surface area contributed by atoms with E-state index in [0.29, 0.717) is 6.04 Å². The molecule has 0 spiro atoms. The predicted molar refractivity (Wildman–Crippen MR) is 54.8 cm³/mol. The van der Waals surface area contributed by atoms with E-state index in [-0.39, 0.29) is 0 Å². The molecule has 4 heteroatoms. The molecule has 0 aliphatic carbocycles. The first kappa shape index (κ1) is 8.29. The summed E-state index contributed by atoms with van der Waals surface area (Å²) in [4.78, 5) is 2.54. The first-order valence-corrected chi connectivity index (χ1v) is 5.36. The number of nitrogens with two attached hydrogens (primary N) is 1. The Bertz CT molecular complexity index is 333. The van der Waals surface area contributed by atoms with Gasteiger partial charge in [-0.25, -0.2) is 4.68 Å². The normalized spacial score (nSPS) is 36.1. The lowest BCUT2D eigenvalue weighted by Gasteiger charge is -2.30. The van der Waals surface area contributed by atoms with E-state index in [1.165, 1.54) is 32.5 Å². The van der Waals surface area contributed by atoms with Crippen molar-refractivity contribution >= 4 is 5.82 Å². The molecule has 0 radical (unpaired) electrons. The lowest BCUT2D eigenvalue weighted by Crippen LogP contribution is -2.34. The molecule has 3 atom stereocenters. The van der Waals surface area contributed by atoms with E-state index in [4.69, 9.17) is 5.73 Å². The van der Waals surface area contributed by atoms with Crippen LogP contribution in [0.3, 0.4) is 0 Å². The Morgan fingerprint density at radius 2 is 2.21 bits per heavy atom. The van der Waals surface area contributed by atoms with Gasteiger partial charge in [-0.05, 0) is 31.4 Å². The van der Waals surface area contributed by atoms with Crippen molar-refractivity contribution in [3.63, 3.8) is 0 Å². The Morgan fingerprint density at radius 3 is 3.00 bits per heavy atom. The summed E-state index contributed by atoms with van der Waals surface area (Å²) in [5.74, 6) is 1.58. The molecule has 0 amide bonds. The summed E-state index contributed by atoms with van der Waals surface area (Å²) in [6.07, 6.45) is 4.32. The number of fused-ring (bicyclic) bond motifs is 2. The van der Waals surface area contributed by atoms with Gasteiger partial charge in [0.2, 0.25) is 0 Å². The van der Waals surface area contributed by atoms with Crippen LogP contribution >= 0.6 is 0 Å². The van der Waals surface area contributed by atoms with Crippen LogP contribution in [-0.4, -0.2) is 34.3 Å². The molecule has 2 fully saturated rings. The molecular formula is C10H16N4. The molecular weight excluding hydrogens is 176 g/mol. The molecule has 2 N–H and O–H groups in total. The van der Waals surface area contributed by atoms with Gasteiger partial charge >= 0.3 is 0 Å². The van der Waals surface area contributed by atoms with Crippen molar-refractivity contribution in [3.8, 4) is 0 Å². The largest absolute Gasteiger partial charge is 0.384 e.